The molecular formula is C24H32FN5O3. The van der Waals surface area contributed by atoms with E-state index in [0.717, 1.165) is 5.69 Å². The molecule has 0 saturated carbocycles. The van der Waals surface area contributed by atoms with E-state index in [-0.39, 0.29) is 17.8 Å². The van der Waals surface area contributed by atoms with E-state index in [4.69, 9.17) is 4.74 Å². The molecule has 1 aliphatic heterocycles. The number of urea groups is 1. The van der Waals surface area contributed by atoms with Gasteiger partial charge in [0.15, 0.2) is 5.82 Å². The molecule has 1 aromatic carbocycles. The van der Waals surface area contributed by atoms with Crippen molar-refractivity contribution in [1.82, 2.24) is 14.8 Å². The van der Waals surface area contributed by atoms with Gasteiger partial charge in [-0.1, -0.05) is 12.1 Å². The maximum atomic E-state index is 15.1. The summed E-state index contributed by atoms with van der Waals surface area (Å²) in [5.74, 6) is -0.476. The van der Waals surface area contributed by atoms with Crippen LogP contribution in [-0.4, -0.2) is 58.2 Å². The zero-order valence-electron chi connectivity index (χ0n) is 19.8. The number of benzene rings is 1. The quantitative estimate of drug-likeness (QED) is 0.700. The van der Waals surface area contributed by atoms with Gasteiger partial charge in [0.2, 0.25) is 0 Å². The Labute approximate surface area is 194 Å². The first-order valence-corrected chi connectivity index (χ1v) is 11.0. The molecule has 8 nitrogen and oxygen atoms in total. The summed E-state index contributed by atoms with van der Waals surface area (Å²) < 4.78 is 20.6. The number of hydrogen-bond donors (Lipinski definition) is 2. The van der Waals surface area contributed by atoms with E-state index in [0.29, 0.717) is 37.4 Å². The van der Waals surface area contributed by atoms with Crippen molar-refractivity contribution in [3.8, 4) is 0 Å². The molecule has 0 bridgehead atoms. The van der Waals surface area contributed by atoms with Gasteiger partial charge in [-0.05, 0) is 52.8 Å². The van der Waals surface area contributed by atoms with Gasteiger partial charge in [0.05, 0.1) is 17.6 Å². The third-order valence-electron chi connectivity index (χ3n) is 5.29. The van der Waals surface area contributed by atoms with Gasteiger partial charge in [-0.25, -0.2) is 14.0 Å². The predicted octanol–water partition coefficient (Wildman–Crippen LogP) is 4.61. The van der Waals surface area contributed by atoms with Gasteiger partial charge in [0.1, 0.15) is 5.60 Å². The van der Waals surface area contributed by atoms with Crippen molar-refractivity contribution in [2.75, 3.05) is 30.3 Å². The maximum absolute atomic E-state index is 15.1. The number of piperazine rings is 1. The number of pyridine rings is 1. The molecule has 2 aromatic rings. The minimum absolute atomic E-state index is 0.0274. The number of nitrogens with one attached hydrogen (secondary N) is 2. The molecule has 2 heterocycles. The smallest absolute Gasteiger partial charge is 0.410 e. The topological polar surface area (TPSA) is 86.8 Å². The SMILES string of the molecule is Cc1ccc(NC(=O)Nc2cccc(CN3CCN(C(=O)OC(C)(C)C)CC3C)c2F)cn1. The van der Waals surface area contributed by atoms with Crippen LogP contribution in [0.15, 0.2) is 36.5 Å². The Hall–Kier alpha value is -3.20. The van der Waals surface area contributed by atoms with Crippen LogP contribution in [0.5, 0.6) is 0 Å². The summed E-state index contributed by atoms with van der Waals surface area (Å²) in [5, 5.41) is 5.21. The second-order valence-corrected chi connectivity index (χ2v) is 9.29. The standard InChI is InChI=1S/C24H32FN5O3/c1-16-9-10-19(13-26-16)27-22(31)28-20-8-6-7-18(21(20)25)15-29-11-12-30(14-17(29)2)23(32)33-24(3,4)5/h6-10,13,17H,11-12,14-15H2,1-5H3,(H2,27,28,31). The van der Waals surface area contributed by atoms with Crippen molar-refractivity contribution in [2.45, 2.75) is 52.8 Å². The molecule has 3 amide bonds. The Kier molecular flexibility index (Phi) is 7.53. The Morgan fingerprint density at radius 3 is 2.58 bits per heavy atom. The lowest BCUT2D eigenvalue weighted by Crippen LogP contribution is -2.54. The van der Waals surface area contributed by atoms with Gasteiger partial charge in [-0.15, -0.1) is 0 Å². The highest BCUT2D eigenvalue weighted by molar-refractivity contribution is 5.99. The lowest BCUT2D eigenvalue weighted by molar-refractivity contribution is 0.00446. The summed E-state index contributed by atoms with van der Waals surface area (Å²) in [4.78, 5) is 32.6. The third kappa shape index (κ3) is 6.89. The number of aromatic nitrogens is 1. The molecule has 9 heteroatoms. The summed E-state index contributed by atoms with van der Waals surface area (Å²) in [6.45, 7) is 11.3. The van der Waals surface area contributed by atoms with Crippen molar-refractivity contribution >= 4 is 23.5 Å². The summed E-state index contributed by atoms with van der Waals surface area (Å²) in [6, 6.07) is 7.93. The Bertz CT molecular complexity index is 991. The molecule has 1 fully saturated rings. The number of nitrogens with zero attached hydrogens (tertiary/aromatic N) is 3. The first-order valence-electron chi connectivity index (χ1n) is 11.0. The van der Waals surface area contributed by atoms with Crippen molar-refractivity contribution in [2.24, 2.45) is 0 Å². The average Bonchev–Trinajstić information content (AvgIpc) is 2.72. The Balaban J connectivity index is 1.60. The Morgan fingerprint density at radius 1 is 1.18 bits per heavy atom. The molecule has 178 valence electrons. The van der Waals surface area contributed by atoms with Gasteiger partial charge in [-0.3, -0.25) is 9.88 Å². The van der Waals surface area contributed by atoms with E-state index >= 15 is 4.39 Å². The highest BCUT2D eigenvalue weighted by Gasteiger charge is 2.30. The van der Waals surface area contributed by atoms with Crippen LogP contribution < -0.4 is 10.6 Å². The van der Waals surface area contributed by atoms with Crippen molar-refractivity contribution in [3.63, 3.8) is 0 Å². The molecule has 1 aromatic heterocycles. The summed E-state index contributed by atoms with van der Waals surface area (Å²) in [6.07, 6.45) is 1.21. The van der Waals surface area contributed by atoms with Crippen molar-refractivity contribution in [3.05, 3.63) is 53.6 Å². The molecule has 1 atom stereocenters. The molecule has 1 unspecified atom stereocenters. The maximum Gasteiger partial charge on any atom is 0.410 e. The first-order chi connectivity index (χ1) is 15.5. The second-order valence-electron chi connectivity index (χ2n) is 9.29. The van der Waals surface area contributed by atoms with Crippen LogP contribution in [0.4, 0.5) is 25.4 Å². The molecule has 0 aliphatic carbocycles. The Morgan fingerprint density at radius 2 is 1.94 bits per heavy atom. The summed E-state index contributed by atoms with van der Waals surface area (Å²) >= 11 is 0. The average molecular weight is 458 g/mol. The second kappa shape index (κ2) is 10.2. The van der Waals surface area contributed by atoms with Gasteiger partial charge in [0.25, 0.3) is 0 Å². The summed E-state index contributed by atoms with van der Waals surface area (Å²) in [5.41, 5.74) is 1.38. The van der Waals surface area contributed by atoms with Crippen LogP contribution in [0.1, 0.15) is 39.0 Å². The monoisotopic (exact) mass is 457 g/mol. The summed E-state index contributed by atoms with van der Waals surface area (Å²) in [7, 11) is 0. The number of aryl methyl sites for hydroxylation is 1. The van der Waals surface area contributed by atoms with Gasteiger partial charge in [-0.2, -0.15) is 0 Å². The van der Waals surface area contributed by atoms with Crippen molar-refractivity contribution < 1.29 is 18.7 Å². The minimum atomic E-state index is -0.545. The zero-order chi connectivity index (χ0) is 24.2. The highest BCUT2D eigenvalue weighted by atomic mass is 19.1. The van der Waals surface area contributed by atoms with Crippen LogP contribution >= 0.6 is 0 Å². The van der Waals surface area contributed by atoms with E-state index in [1.165, 1.54) is 6.07 Å². The number of anilines is 2. The zero-order valence-corrected chi connectivity index (χ0v) is 19.8. The molecule has 1 saturated heterocycles. The van der Waals surface area contributed by atoms with E-state index in [1.807, 2.05) is 34.6 Å². The third-order valence-corrected chi connectivity index (χ3v) is 5.29. The molecule has 33 heavy (non-hydrogen) atoms. The van der Waals surface area contributed by atoms with Crippen LogP contribution in [0.25, 0.3) is 0 Å². The van der Waals surface area contributed by atoms with E-state index < -0.39 is 17.4 Å². The van der Waals surface area contributed by atoms with Crippen LogP contribution in [0.3, 0.4) is 0 Å². The van der Waals surface area contributed by atoms with Crippen LogP contribution in [0.2, 0.25) is 0 Å². The lowest BCUT2D eigenvalue weighted by atomic mass is 10.1. The van der Waals surface area contributed by atoms with Crippen molar-refractivity contribution in [1.29, 1.82) is 0 Å². The molecule has 0 spiro atoms. The fourth-order valence-corrected chi connectivity index (χ4v) is 3.57. The normalized spacial score (nSPS) is 16.9. The predicted molar refractivity (Wildman–Crippen MR) is 126 cm³/mol. The van der Waals surface area contributed by atoms with Crippen LogP contribution in [0, 0.1) is 12.7 Å². The van der Waals surface area contributed by atoms with Gasteiger partial charge in [0, 0.05) is 43.5 Å². The van der Waals surface area contributed by atoms with Gasteiger partial charge >= 0.3 is 12.1 Å². The largest absolute Gasteiger partial charge is 0.444 e. The van der Waals surface area contributed by atoms with E-state index in [9.17, 15) is 9.59 Å². The fraction of sp³-hybridized carbons (Fsp3) is 0.458. The van der Waals surface area contributed by atoms with Crippen LogP contribution in [-0.2, 0) is 11.3 Å². The van der Waals surface area contributed by atoms with E-state index in [1.54, 1.807) is 35.4 Å². The minimum Gasteiger partial charge on any atom is -0.444 e. The number of ether oxygens (including phenoxy) is 1. The van der Waals surface area contributed by atoms with Gasteiger partial charge < -0.3 is 20.3 Å². The number of hydrogen-bond acceptors (Lipinski definition) is 5. The number of amides is 3. The number of halogens is 1. The fourth-order valence-electron chi connectivity index (χ4n) is 3.57. The molecule has 2 N–H and O–H groups in total. The molecule has 3 rings (SSSR count). The van der Waals surface area contributed by atoms with E-state index in [2.05, 4.69) is 20.5 Å². The molecule has 1 aliphatic rings. The number of carbonyl (C=O) groups excluding carboxylic acids is 2. The number of carbonyl (C=O) groups is 2. The highest BCUT2D eigenvalue weighted by Crippen LogP contribution is 2.23. The molecular weight excluding hydrogens is 425 g/mol. The molecule has 0 radical (unpaired) electrons. The lowest BCUT2D eigenvalue weighted by Gasteiger charge is -2.40. The first kappa shape index (κ1) is 24.4. The number of rotatable bonds is 4.